The minimum absolute atomic E-state index is 0.0119. The van der Waals surface area contributed by atoms with E-state index in [0.29, 0.717) is 16.7 Å². The summed E-state index contributed by atoms with van der Waals surface area (Å²) in [6, 6.07) is 14.8. The van der Waals surface area contributed by atoms with Crippen molar-refractivity contribution < 1.29 is 41.0 Å². The summed E-state index contributed by atoms with van der Waals surface area (Å²) < 4.78 is 85.5. The van der Waals surface area contributed by atoms with Crippen LogP contribution >= 0.6 is 0 Å². The predicted octanol–water partition coefficient (Wildman–Crippen LogP) is 7.22. The van der Waals surface area contributed by atoms with Crippen molar-refractivity contribution in [3.63, 3.8) is 0 Å². The summed E-state index contributed by atoms with van der Waals surface area (Å²) in [5, 5.41) is 0. The van der Waals surface area contributed by atoms with Gasteiger partial charge in [0.15, 0.2) is 11.6 Å². The lowest BCUT2D eigenvalue weighted by molar-refractivity contribution is -0.0586. The molecule has 0 aromatic heterocycles. The zero-order valence-electron chi connectivity index (χ0n) is 20.2. The van der Waals surface area contributed by atoms with Crippen LogP contribution in [0.5, 0.6) is 11.5 Å². The molecule has 4 aromatic carbocycles. The lowest BCUT2D eigenvalue weighted by Gasteiger charge is -2.19. The Kier molecular flexibility index (Phi) is 8.07. The van der Waals surface area contributed by atoms with Gasteiger partial charge in [-0.25, -0.2) is 26.7 Å². The van der Waals surface area contributed by atoms with E-state index in [1.165, 1.54) is 49.6 Å². The van der Waals surface area contributed by atoms with E-state index in [0.717, 1.165) is 24.3 Å². The third-order valence-electron chi connectivity index (χ3n) is 5.68. The van der Waals surface area contributed by atoms with Crippen molar-refractivity contribution in [2.45, 2.75) is 19.6 Å². The summed E-state index contributed by atoms with van der Waals surface area (Å²) in [6.45, 7) is 1.55. The number of hydrogen-bond acceptors (Lipinski definition) is 4. The van der Waals surface area contributed by atoms with Crippen LogP contribution in [0.3, 0.4) is 0 Å². The summed E-state index contributed by atoms with van der Waals surface area (Å²) in [5.74, 6) is -5.37. The first-order valence-corrected chi connectivity index (χ1v) is 11.3. The Bertz CT molecular complexity index is 1490. The van der Waals surface area contributed by atoms with Crippen molar-refractivity contribution in [3.8, 4) is 11.5 Å². The smallest absolute Gasteiger partial charge is 0.346 e. The molecule has 9 heteroatoms. The monoisotopic (exact) mass is 528 g/mol. The number of halogens is 5. The van der Waals surface area contributed by atoms with E-state index in [2.05, 4.69) is 0 Å². The van der Waals surface area contributed by atoms with Gasteiger partial charge in [-0.15, -0.1) is 0 Å². The number of rotatable bonds is 8. The minimum Gasteiger partial charge on any atom is -0.460 e. The summed E-state index contributed by atoms with van der Waals surface area (Å²) in [4.78, 5) is 12.3. The predicted molar refractivity (Wildman–Crippen MR) is 128 cm³/mol. The van der Waals surface area contributed by atoms with Crippen LogP contribution in [0.1, 0.15) is 38.9 Å². The fraction of sp³-hybridized carbons (Fsp3) is 0.138. The number of carbonyl (C=O) groups is 1. The average Bonchev–Trinajstić information content (AvgIpc) is 2.87. The molecule has 0 aliphatic heterocycles. The largest absolute Gasteiger partial charge is 0.460 e. The lowest BCUT2D eigenvalue weighted by Crippen LogP contribution is -2.12. The summed E-state index contributed by atoms with van der Waals surface area (Å²) in [5.41, 5.74) is 0.984. The van der Waals surface area contributed by atoms with Gasteiger partial charge in [-0.1, -0.05) is 18.2 Å². The zero-order chi connectivity index (χ0) is 27.4. The minimum atomic E-state index is -1.24. The maximum absolute atomic E-state index is 14.9. The standard InChI is InChI=1S/C29H21F5O4/c1-16-3-6-19(14-24(16)31)37-28(35)21-8-4-17(12-25(21)32)11-18-5-9-22(26(33)13-18)29(36-2)38-20-7-10-23(30)27(34)15-20/h3-10,12-15,29H,11H2,1-2H3. The van der Waals surface area contributed by atoms with Crippen molar-refractivity contribution in [2.24, 2.45) is 0 Å². The van der Waals surface area contributed by atoms with Crippen molar-refractivity contribution in [2.75, 3.05) is 7.11 Å². The van der Waals surface area contributed by atoms with E-state index in [9.17, 15) is 26.7 Å². The molecular formula is C29H21F5O4. The molecule has 0 radical (unpaired) electrons. The van der Waals surface area contributed by atoms with Gasteiger partial charge in [0.05, 0.1) is 11.1 Å². The highest BCUT2D eigenvalue weighted by molar-refractivity contribution is 5.91. The highest BCUT2D eigenvalue weighted by Gasteiger charge is 2.19. The first-order valence-electron chi connectivity index (χ1n) is 11.3. The number of methoxy groups -OCH3 is 1. The van der Waals surface area contributed by atoms with Crippen LogP contribution in [0.4, 0.5) is 22.0 Å². The van der Waals surface area contributed by atoms with Gasteiger partial charge in [0.2, 0.25) is 6.29 Å². The van der Waals surface area contributed by atoms with Crippen LogP contribution in [-0.2, 0) is 11.2 Å². The average molecular weight is 528 g/mol. The highest BCUT2D eigenvalue weighted by atomic mass is 19.2. The molecule has 196 valence electrons. The van der Waals surface area contributed by atoms with Crippen molar-refractivity contribution in [1.82, 2.24) is 0 Å². The third-order valence-corrected chi connectivity index (χ3v) is 5.68. The molecule has 1 unspecified atom stereocenters. The van der Waals surface area contributed by atoms with Crippen LogP contribution < -0.4 is 9.47 Å². The third kappa shape index (κ3) is 6.18. The number of esters is 1. The Labute approximate surface area is 215 Å². The van der Waals surface area contributed by atoms with Crippen molar-refractivity contribution >= 4 is 5.97 Å². The fourth-order valence-electron chi connectivity index (χ4n) is 3.65. The lowest BCUT2D eigenvalue weighted by atomic mass is 10.0. The first kappa shape index (κ1) is 26.8. The number of ether oxygens (including phenoxy) is 3. The molecule has 38 heavy (non-hydrogen) atoms. The molecule has 4 aromatic rings. The van der Waals surface area contributed by atoms with Gasteiger partial charge in [0.25, 0.3) is 0 Å². The van der Waals surface area contributed by atoms with E-state index in [-0.39, 0.29) is 29.0 Å². The molecule has 0 spiro atoms. The zero-order valence-corrected chi connectivity index (χ0v) is 20.2. The number of aryl methyl sites for hydroxylation is 1. The molecule has 0 saturated carbocycles. The van der Waals surface area contributed by atoms with E-state index in [4.69, 9.17) is 14.2 Å². The van der Waals surface area contributed by atoms with Crippen LogP contribution in [0.2, 0.25) is 0 Å². The SMILES string of the molecule is COC(Oc1ccc(F)c(F)c1)c1ccc(Cc2ccc(C(=O)Oc3ccc(C)c(F)c3)c(F)c2)cc1F. The van der Waals surface area contributed by atoms with Gasteiger partial charge in [-0.3, -0.25) is 0 Å². The molecule has 0 heterocycles. The molecule has 4 rings (SSSR count). The molecule has 0 fully saturated rings. The van der Waals surface area contributed by atoms with Crippen LogP contribution in [0.15, 0.2) is 72.8 Å². The second-order valence-corrected chi connectivity index (χ2v) is 8.41. The first-order chi connectivity index (χ1) is 18.1. The van der Waals surface area contributed by atoms with Gasteiger partial charge in [-0.2, -0.15) is 0 Å². The number of benzene rings is 4. The van der Waals surface area contributed by atoms with E-state index < -0.39 is 41.3 Å². The van der Waals surface area contributed by atoms with Crippen LogP contribution in [0.25, 0.3) is 0 Å². The Balaban J connectivity index is 1.45. The van der Waals surface area contributed by atoms with Gasteiger partial charge < -0.3 is 14.2 Å². The molecule has 0 bridgehead atoms. The maximum atomic E-state index is 14.9. The van der Waals surface area contributed by atoms with E-state index in [1.807, 2.05) is 0 Å². The summed E-state index contributed by atoms with van der Waals surface area (Å²) >= 11 is 0. The van der Waals surface area contributed by atoms with Crippen molar-refractivity contribution in [3.05, 3.63) is 130 Å². The highest BCUT2D eigenvalue weighted by Crippen LogP contribution is 2.27. The van der Waals surface area contributed by atoms with Crippen molar-refractivity contribution in [1.29, 1.82) is 0 Å². The van der Waals surface area contributed by atoms with Gasteiger partial charge in [0.1, 0.15) is 29.0 Å². The molecule has 0 amide bonds. The Hall–Kier alpha value is -4.24. The van der Waals surface area contributed by atoms with E-state index in [1.54, 1.807) is 13.0 Å². The number of hydrogen-bond donors (Lipinski definition) is 0. The quantitative estimate of drug-likeness (QED) is 0.105. The van der Waals surface area contributed by atoms with E-state index >= 15 is 0 Å². The Morgan fingerprint density at radius 3 is 2.00 bits per heavy atom. The molecule has 0 saturated heterocycles. The second-order valence-electron chi connectivity index (χ2n) is 8.41. The van der Waals surface area contributed by atoms with Gasteiger partial charge in [-0.05, 0) is 72.5 Å². The molecule has 0 aliphatic carbocycles. The summed E-state index contributed by atoms with van der Waals surface area (Å²) in [7, 11) is 1.27. The number of carbonyl (C=O) groups excluding carboxylic acids is 1. The fourth-order valence-corrected chi connectivity index (χ4v) is 3.65. The molecular weight excluding hydrogens is 507 g/mol. The normalized spacial score (nSPS) is 11.8. The molecule has 0 N–H and O–H groups in total. The van der Waals surface area contributed by atoms with Gasteiger partial charge in [0, 0.05) is 19.2 Å². The topological polar surface area (TPSA) is 44.8 Å². The Morgan fingerprint density at radius 1 is 0.711 bits per heavy atom. The van der Waals surface area contributed by atoms with Crippen LogP contribution in [-0.4, -0.2) is 13.1 Å². The molecule has 4 nitrogen and oxygen atoms in total. The Morgan fingerprint density at radius 2 is 1.37 bits per heavy atom. The molecule has 1 atom stereocenters. The second kappa shape index (κ2) is 11.4. The van der Waals surface area contributed by atoms with Gasteiger partial charge >= 0.3 is 5.97 Å². The molecule has 0 aliphatic rings. The summed E-state index contributed by atoms with van der Waals surface area (Å²) in [6.07, 6.45) is -1.10. The van der Waals surface area contributed by atoms with Crippen LogP contribution in [0, 0.1) is 36.0 Å². The maximum Gasteiger partial charge on any atom is 0.346 e.